The molecule has 0 bridgehead atoms. The Balaban J connectivity index is 2.36. The number of fused-ring (bicyclic) bond motifs is 2. The Hall–Kier alpha value is -3.44. The van der Waals surface area contributed by atoms with Crippen LogP contribution in [0.1, 0.15) is 5.56 Å². The molecule has 110 valence electrons. The van der Waals surface area contributed by atoms with Gasteiger partial charge >= 0.3 is 0 Å². The zero-order valence-corrected chi connectivity index (χ0v) is 12.6. The first-order chi connectivity index (χ1) is 11.7. The van der Waals surface area contributed by atoms with Gasteiger partial charge in [0.15, 0.2) is 10.9 Å². The molecule has 0 aliphatic heterocycles. The predicted octanol–water partition coefficient (Wildman–Crippen LogP) is 3.88. The van der Waals surface area contributed by atoms with Crippen molar-refractivity contribution < 1.29 is 0 Å². The molecule has 0 heterocycles. The van der Waals surface area contributed by atoms with Crippen LogP contribution in [0.4, 0.5) is 0 Å². The largest absolute Gasteiger partial charge is 0.289 e. The Morgan fingerprint density at radius 3 is 2.08 bits per heavy atom. The standard InChI is InChI=1S/C22H10O2/c1-2-12-6-8-16-15-5-3-4-13-7-10-17(23)21(19(13)15)22-18(24)11-9-14(12)20(16)22/h1,3-11H. The Labute approximate surface area is 136 Å². The summed E-state index contributed by atoms with van der Waals surface area (Å²) in [6, 6.07) is 16.4. The van der Waals surface area contributed by atoms with Gasteiger partial charge in [-0.2, -0.15) is 0 Å². The highest BCUT2D eigenvalue weighted by Crippen LogP contribution is 2.38. The van der Waals surface area contributed by atoms with E-state index >= 15 is 0 Å². The van der Waals surface area contributed by atoms with Crippen molar-refractivity contribution in [2.45, 2.75) is 0 Å². The van der Waals surface area contributed by atoms with E-state index in [0.717, 1.165) is 37.9 Å². The Bertz CT molecular complexity index is 1440. The lowest BCUT2D eigenvalue weighted by Crippen LogP contribution is -2.08. The van der Waals surface area contributed by atoms with E-state index in [9.17, 15) is 9.59 Å². The Morgan fingerprint density at radius 2 is 1.29 bits per heavy atom. The summed E-state index contributed by atoms with van der Waals surface area (Å²) in [4.78, 5) is 25.3. The zero-order valence-electron chi connectivity index (χ0n) is 12.6. The summed E-state index contributed by atoms with van der Waals surface area (Å²) in [7, 11) is 0. The van der Waals surface area contributed by atoms with Crippen molar-refractivity contribution in [3.05, 3.63) is 80.6 Å². The van der Waals surface area contributed by atoms with E-state index in [1.807, 2.05) is 36.4 Å². The molecule has 0 unspecified atom stereocenters. The van der Waals surface area contributed by atoms with E-state index in [2.05, 4.69) is 5.92 Å². The SMILES string of the molecule is C#Cc1ccc2c3cccc4ccc(=O)c(c5c(=O)ccc1c25)c43. The molecule has 0 aliphatic rings. The highest BCUT2D eigenvalue weighted by molar-refractivity contribution is 6.33. The molecule has 0 N–H and O–H groups in total. The summed E-state index contributed by atoms with van der Waals surface area (Å²) < 4.78 is 0. The molecule has 0 aliphatic carbocycles. The van der Waals surface area contributed by atoms with Gasteiger partial charge in [0.2, 0.25) is 0 Å². The molecule has 0 fully saturated rings. The van der Waals surface area contributed by atoms with Crippen LogP contribution in [0.15, 0.2) is 64.2 Å². The third-order valence-electron chi connectivity index (χ3n) is 4.85. The Morgan fingerprint density at radius 1 is 0.625 bits per heavy atom. The lowest BCUT2D eigenvalue weighted by molar-refractivity contribution is 1.66. The monoisotopic (exact) mass is 306 g/mol. The minimum atomic E-state index is -0.142. The van der Waals surface area contributed by atoms with Crippen molar-refractivity contribution in [2.75, 3.05) is 0 Å². The zero-order chi connectivity index (χ0) is 16.4. The molecule has 0 saturated carbocycles. The highest BCUT2D eigenvalue weighted by atomic mass is 16.1. The maximum Gasteiger partial charge on any atom is 0.187 e. The number of benzene rings is 5. The van der Waals surface area contributed by atoms with Crippen LogP contribution >= 0.6 is 0 Å². The van der Waals surface area contributed by atoms with Crippen molar-refractivity contribution in [2.24, 2.45) is 0 Å². The third-order valence-corrected chi connectivity index (χ3v) is 4.85. The van der Waals surface area contributed by atoms with Gasteiger partial charge in [0.1, 0.15) is 0 Å². The van der Waals surface area contributed by atoms with Gasteiger partial charge in [0.05, 0.1) is 0 Å². The fraction of sp³-hybridized carbons (Fsp3) is 0. The minimum absolute atomic E-state index is 0.128. The van der Waals surface area contributed by atoms with Crippen molar-refractivity contribution in [3.8, 4) is 12.3 Å². The lowest BCUT2D eigenvalue weighted by atomic mass is 9.88. The van der Waals surface area contributed by atoms with E-state index in [1.165, 1.54) is 12.1 Å². The number of rotatable bonds is 0. The average Bonchev–Trinajstić information content (AvgIpc) is 2.61. The van der Waals surface area contributed by atoms with Gasteiger partial charge < -0.3 is 0 Å². The van der Waals surface area contributed by atoms with Gasteiger partial charge in [-0.1, -0.05) is 36.3 Å². The van der Waals surface area contributed by atoms with E-state index in [-0.39, 0.29) is 10.9 Å². The molecule has 5 aromatic rings. The molecule has 5 rings (SSSR count). The molecule has 24 heavy (non-hydrogen) atoms. The smallest absolute Gasteiger partial charge is 0.187 e. The molecule has 0 atom stereocenters. The van der Waals surface area contributed by atoms with E-state index in [0.29, 0.717) is 10.8 Å². The number of hydrogen-bond acceptors (Lipinski definition) is 2. The molecule has 0 amide bonds. The van der Waals surface area contributed by atoms with Gasteiger partial charge in [-0.05, 0) is 45.8 Å². The van der Waals surface area contributed by atoms with Crippen molar-refractivity contribution >= 4 is 43.1 Å². The summed E-state index contributed by atoms with van der Waals surface area (Å²) in [5, 5.41) is 6.37. The summed E-state index contributed by atoms with van der Waals surface area (Å²) in [5.74, 6) is 2.68. The maximum atomic E-state index is 12.7. The minimum Gasteiger partial charge on any atom is -0.289 e. The maximum absolute atomic E-state index is 12.7. The van der Waals surface area contributed by atoms with Crippen LogP contribution in [0.25, 0.3) is 43.1 Å². The average molecular weight is 306 g/mol. The summed E-state index contributed by atoms with van der Waals surface area (Å²) >= 11 is 0. The first-order valence-corrected chi connectivity index (χ1v) is 7.67. The normalized spacial score (nSPS) is 11.6. The van der Waals surface area contributed by atoms with Crippen molar-refractivity contribution in [1.82, 2.24) is 0 Å². The fourth-order valence-electron chi connectivity index (χ4n) is 3.86. The first kappa shape index (κ1) is 13.0. The van der Waals surface area contributed by atoms with Gasteiger partial charge in [0.25, 0.3) is 0 Å². The van der Waals surface area contributed by atoms with E-state index in [1.54, 1.807) is 6.07 Å². The van der Waals surface area contributed by atoms with Crippen LogP contribution in [-0.2, 0) is 0 Å². The molecular formula is C22H10O2. The molecule has 2 heteroatoms. The number of terminal acetylenes is 1. The third kappa shape index (κ3) is 1.42. The quantitative estimate of drug-likeness (QED) is 0.247. The predicted molar refractivity (Wildman–Crippen MR) is 99.3 cm³/mol. The van der Waals surface area contributed by atoms with Crippen LogP contribution < -0.4 is 10.9 Å². The van der Waals surface area contributed by atoms with Gasteiger partial charge in [-0.15, -0.1) is 6.42 Å². The van der Waals surface area contributed by atoms with Crippen LogP contribution in [0.5, 0.6) is 0 Å². The molecule has 2 nitrogen and oxygen atoms in total. The van der Waals surface area contributed by atoms with Crippen LogP contribution in [0.3, 0.4) is 0 Å². The summed E-state index contributed by atoms with van der Waals surface area (Å²) in [6.07, 6.45) is 5.62. The second-order valence-corrected chi connectivity index (χ2v) is 6.01. The summed E-state index contributed by atoms with van der Waals surface area (Å²) in [5.41, 5.74) is 0.461. The fourth-order valence-corrected chi connectivity index (χ4v) is 3.86. The second kappa shape index (κ2) is 4.31. The highest BCUT2D eigenvalue weighted by Gasteiger charge is 2.17. The molecular weight excluding hydrogens is 296 g/mol. The van der Waals surface area contributed by atoms with Gasteiger partial charge in [-0.3, -0.25) is 9.59 Å². The topological polar surface area (TPSA) is 34.1 Å². The molecule has 0 radical (unpaired) electrons. The summed E-state index contributed by atoms with van der Waals surface area (Å²) in [6.45, 7) is 0. The molecule has 0 saturated heterocycles. The Kier molecular flexibility index (Phi) is 2.34. The van der Waals surface area contributed by atoms with Gasteiger partial charge in [-0.25, -0.2) is 0 Å². The van der Waals surface area contributed by atoms with Crippen LogP contribution in [0, 0.1) is 12.3 Å². The molecule has 0 aromatic heterocycles. The van der Waals surface area contributed by atoms with E-state index < -0.39 is 0 Å². The number of hydrogen-bond donors (Lipinski definition) is 0. The molecule has 5 aromatic carbocycles. The second-order valence-electron chi connectivity index (χ2n) is 6.01. The first-order valence-electron chi connectivity index (χ1n) is 7.67. The molecule has 0 spiro atoms. The van der Waals surface area contributed by atoms with Crippen molar-refractivity contribution in [3.63, 3.8) is 0 Å². The van der Waals surface area contributed by atoms with Crippen LogP contribution in [-0.4, -0.2) is 0 Å². The van der Waals surface area contributed by atoms with Gasteiger partial charge in [0, 0.05) is 27.1 Å². The van der Waals surface area contributed by atoms with E-state index in [4.69, 9.17) is 6.42 Å². The lowest BCUT2D eigenvalue weighted by Gasteiger charge is -2.13. The van der Waals surface area contributed by atoms with Crippen molar-refractivity contribution in [1.29, 1.82) is 0 Å². The van der Waals surface area contributed by atoms with Crippen LogP contribution in [0.2, 0.25) is 0 Å².